The highest BCUT2D eigenvalue weighted by Crippen LogP contribution is 2.22. The zero-order chi connectivity index (χ0) is 22.1. The number of rotatable bonds is 8. The van der Waals surface area contributed by atoms with Gasteiger partial charge in [0.2, 0.25) is 0 Å². The molecule has 0 spiro atoms. The maximum Gasteiger partial charge on any atom is 0.159 e. The van der Waals surface area contributed by atoms with Crippen LogP contribution in [0.25, 0.3) is 0 Å². The third-order valence-electron chi connectivity index (χ3n) is 6.36. The van der Waals surface area contributed by atoms with Gasteiger partial charge in [-0.1, -0.05) is 30.3 Å². The van der Waals surface area contributed by atoms with Gasteiger partial charge in [0.25, 0.3) is 0 Å². The summed E-state index contributed by atoms with van der Waals surface area (Å²) in [7, 11) is 0. The van der Waals surface area contributed by atoms with E-state index in [0.717, 1.165) is 63.0 Å². The van der Waals surface area contributed by atoms with Gasteiger partial charge in [-0.25, -0.2) is 4.39 Å². The van der Waals surface area contributed by atoms with Crippen LogP contribution in [-0.2, 0) is 17.7 Å². The summed E-state index contributed by atoms with van der Waals surface area (Å²) in [6, 6.07) is 6.16. The van der Waals surface area contributed by atoms with Crippen LogP contribution in [0.5, 0.6) is 0 Å². The van der Waals surface area contributed by atoms with Crippen LogP contribution in [0.1, 0.15) is 67.4 Å². The van der Waals surface area contributed by atoms with Crippen LogP contribution in [0, 0.1) is 5.92 Å². The molecule has 2 aliphatic rings. The molecule has 2 aliphatic heterocycles. The summed E-state index contributed by atoms with van der Waals surface area (Å²) in [5.74, 6) is 0.304. The molecule has 0 aliphatic carbocycles. The minimum Gasteiger partial charge on any atom is -0.391 e. The molecule has 0 atom stereocenters. The van der Waals surface area contributed by atoms with Crippen molar-refractivity contribution in [2.45, 2.75) is 58.8 Å². The molecule has 5 heteroatoms. The Morgan fingerprint density at radius 1 is 1.23 bits per heavy atom. The Kier molecular flexibility index (Phi) is 9.01. The van der Waals surface area contributed by atoms with E-state index in [0.29, 0.717) is 12.3 Å². The quantitative estimate of drug-likeness (QED) is 0.397. The molecular formula is C26H35FN2O2. The zero-order valence-electron chi connectivity index (χ0n) is 18.9. The molecule has 1 fully saturated rings. The summed E-state index contributed by atoms with van der Waals surface area (Å²) >= 11 is 0. The summed E-state index contributed by atoms with van der Waals surface area (Å²) in [6.07, 6.45) is 12.0. The molecule has 0 bridgehead atoms. The van der Waals surface area contributed by atoms with Gasteiger partial charge in [-0.15, -0.1) is 0 Å². The van der Waals surface area contributed by atoms with E-state index in [-0.39, 0.29) is 18.2 Å². The van der Waals surface area contributed by atoms with E-state index in [1.807, 2.05) is 12.1 Å². The summed E-state index contributed by atoms with van der Waals surface area (Å²) in [5.41, 5.74) is 4.54. The van der Waals surface area contributed by atoms with E-state index in [9.17, 15) is 9.18 Å². The first-order valence-electron chi connectivity index (χ1n) is 11.6. The van der Waals surface area contributed by atoms with Crippen molar-refractivity contribution >= 4 is 11.5 Å². The van der Waals surface area contributed by atoms with Crippen LogP contribution in [0.15, 0.2) is 47.4 Å². The highest BCUT2D eigenvalue weighted by atomic mass is 19.1. The maximum atomic E-state index is 13.4. The lowest BCUT2D eigenvalue weighted by atomic mass is 9.90. The van der Waals surface area contributed by atoms with E-state index < -0.39 is 0 Å². The molecule has 168 valence electrons. The molecule has 3 rings (SSSR count). The minimum atomic E-state index is -0.257. The number of aryl methyl sites for hydroxylation is 2. The highest BCUT2D eigenvalue weighted by molar-refractivity contribution is 5.94. The first-order chi connectivity index (χ1) is 15.1. The van der Waals surface area contributed by atoms with Gasteiger partial charge in [0, 0.05) is 17.9 Å². The van der Waals surface area contributed by atoms with E-state index in [2.05, 4.69) is 29.1 Å². The fourth-order valence-corrected chi connectivity index (χ4v) is 4.43. The number of oxime groups is 1. The Hall–Kier alpha value is -2.27. The number of ketones is 1. The highest BCUT2D eigenvalue weighted by Gasteiger charge is 2.23. The summed E-state index contributed by atoms with van der Waals surface area (Å²) in [6.45, 7) is 7.25. The van der Waals surface area contributed by atoms with Crippen molar-refractivity contribution in [1.29, 1.82) is 0 Å². The molecule has 31 heavy (non-hydrogen) atoms. The lowest BCUT2D eigenvalue weighted by Crippen LogP contribution is -2.37. The molecule has 4 nitrogen and oxygen atoms in total. The largest absolute Gasteiger partial charge is 0.391 e. The van der Waals surface area contributed by atoms with Gasteiger partial charge in [-0.3, -0.25) is 4.79 Å². The molecule has 0 saturated carbocycles. The Morgan fingerprint density at radius 2 is 2.03 bits per heavy atom. The van der Waals surface area contributed by atoms with Gasteiger partial charge in [0.1, 0.15) is 12.4 Å². The molecular weight excluding hydrogens is 391 g/mol. The number of allylic oxidation sites excluding steroid dienone is 3. The van der Waals surface area contributed by atoms with Gasteiger partial charge in [-0.05, 0) is 94.4 Å². The van der Waals surface area contributed by atoms with Gasteiger partial charge in [0.15, 0.2) is 5.78 Å². The Labute approximate surface area is 185 Å². The molecule has 0 unspecified atom stereocenters. The third kappa shape index (κ3) is 7.13. The first-order valence-corrected chi connectivity index (χ1v) is 11.6. The van der Waals surface area contributed by atoms with Crippen molar-refractivity contribution in [2.24, 2.45) is 11.1 Å². The number of halogens is 1. The fourth-order valence-electron chi connectivity index (χ4n) is 4.43. The standard InChI is InChI=1S/C26H35FN2O2/c1-3-21-19-24(20(2)30)11-10-22(21)7-4-5-15-29-16-12-23(13-17-29)26-9-6-8-25(27)14-18-31-28-26/h6,8,10-11,14,19,23H,3-5,7,9,12-13,15-18H2,1-2H3/b8-6-,25-14+,28-26+. The summed E-state index contributed by atoms with van der Waals surface area (Å²) in [5, 5.41) is 4.28. The summed E-state index contributed by atoms with van der Waals surface area (Å²) < 4.78 is 13.4. The van der Waals surface area contributed by atoms with E-state index in [1.165, 1.54) is 29.7 Å². The SMILES string of the molecule is CCc1cc(C(C)=O)ccc1CCCCN1CCC(/C2=N/OC/C=C(F)\C=C/C2)CC1. The van der Waals surface area contributed by atoms with Crippen LogP contribution < -0.4 is 0 Å². The van der Waals surface area contributed by atoms with Crippen molar-refractivity contribution in [3.05, 3.63) is 58.9 Å². The number of carbonyl (C=O) groups is 1. The number of likely N-dealkylation sites (tertiary alicyclic amines) is 1. The average Bonchev–Trinajstić information content (AvgIpc) is 2.89. The number of carbonyl (C=O) groups excluding carboxylic acids is 1. The van der Waals surface area contributed by atoms with Crippen LogP contribution in [-0.4, -0.2) is 42.6 Å². The van der Waals surface area contributed by atoms with Crippen LogP contribution in [0.3, 0.4) is 0 Å². The Bertz CT molecular complexity index is 836. The Balaban J connectivity index is 1.40. The molecule has 0 N–H and O–H groups in total. The van der Waals surface area contributed by atoms with E-state index in [1.54, 1.807) is 6.92 Å². The van der Waals surface area contributed by atoms with Crippen LogP contribution >= 0.6 is 0 Å². The molecule has 1 aromatic rings. The number of nitrogens with zero attached hydrogens (tertiary/aromatic N) is 2. The van der Waals surface area contributed by atoms with Gasteiger partial charge >= 0.3 is 0 Å². The molecule has 0 radical (unpaired) electrons. The fraction of sp³-hybridized carbons (Fsp3) is 0.538. The zero-order valence-corrected chi connectivity index (χ0v) is 18.9. The van der Waals surface area contributed by atoms with E-state index >= 15 is 0 Å². The number of piperidine rings is 1. The van der Waals surface area contributed by atoms with Crippen molar-refractivity contribution in [2.75, 3.05) is 26.2 Å². The van der Waals surface area contributed by atoms with Crippen molar-refractivity contribution < 1.29 is 14.0 Å². The topological polar surface area (TPSA) is 41.9 Å². The average molecular weight is 427 g/mol. The molecule has 1 aromatic carbocycles. The third-order valence-corrected chi connectivity index (χ3v) is 6.36. The number of unbranched alkanes of at least 4 members (excludes halogenated alkanes) is 1. The van der Waals surface area contributed by atoms with Crippen molar-refractivity contribution in [3.8, 4) is 0 Å². The monoisotopic (exact) mass is 426 g/mol. The van der Waals surface area contributed by atoms with E-state index in [4.69, 9.17) is 4.84 Å². The number of hydrogen-bond acceptors (Lipinski definition) is 4. The smallest absolute Gasteiger partial charge is 0.159 e. The molecule has 0 amide bonds. The predicted octanol–water partition coefficient (Wildman–Crippen LogP) is 5.67. The van der Waals surface area contributed by atoms with Gasteiger partial charge in [-0.2, -0.15) is 0 Å². The van der Waals surface area contributed by atoms with Crippen LogP contribution in [0.2, 0.25) is 0 Å². The number of hydrogen-bond donors (Lipinski definition) is 0. The van der Waals surface area contributed by atoms with Crippen LogP contribution in [0.4, 0.5) is 4.39 Å². The van der Waals surface area contributed by atoms with Crippen molar-refractivity contribution in [3.63, 3.8) is 0 Å². The molecule has 2 heterocycles. The Morgan fingerprint density at radius 3 is 2.77 bits per heavy atom. The number of Topliss-reactive ketones (excluding diaryl/α,β-unsaturated/α-hetero) is 1. The predicted molar refractivity (Wildman–Crippen MR) is 124 cm³/mol. The lowest BCUT2D eigenvalue weighted by molar-refractivity contribution is 0.101. The van der Waals surface area contributed by atoms with Gasteiger partial charge in [0.05, 0.1) is 5.71 Å². The first kappa shape index (κ1) is 23.4. The molecule has 0 aromatic heterocycles. The summed E-state index contributed by atoms with van der Waals surface area (Å²) in [4.78, 5) is 19.4. The maximum absolute atomic E-state index is 13.4. The van der Waals surface area contributed by atoms with Gasteiger partial charge < -0.3 is 9.74 Å². The normalized spacial score (nSPS) is 22.8. The minimum absolute atomic E-state index is 0.136. The second-order valence-electron chi connectivity index (χ2n) is 8.54. The lowest BCUT2D eigenvalue weighted by Gasteiger charge is -2.32. The second-order valence-corrected chi connectivity index (χ2v) is 8.54. The molecule has 1 saturated heterocycles. The number of benzene rings is 1. The van der Waals surface area contributed by atoms with Crippen molar-refractivity contribution in [1.82, 2.24) is 4.90 Å². The second kappa shape index (κ2) is 11.9.